The van der Waals surface area contributed by atoms with E-state index in [0.717, 1.165) is 23.7 Å². The Labute approximate surface area is 137 Å². The van der Waals surface area contributed by atoms with E-state index in [-0.39, 0.29) is 25.1 Å². The third-order valence-corrected chi connectivity index (χ3v) is 6.75. The zero-order chi connectivity index (χ0) is 17.5. The number of piperidine rings is 1. The minimum absolute atomic E-state index is 0.00167. The molecule has 0 saturated carbocycles. The van der Waals surface area contributed by atoms with E-state index in [1.165, 1.54) is 0 Å². The molecule has 0 amide bonds. The molecule has 2 heterocycles. The van der Waals surface area contributed by atoms with Gasteiger partial charge in [0.15, 0.2) is 28.2 Å². The summed E-state index contributed by atoms with van der Waals surface area (Å²) < 4.78 is 80.1. The maximum Gasteiger partial charge on any atom is 0.249 e. The Hall–Kier alpha value is -1.19. The molecule has 1 unspecified atom stereocenters. The van der Waals surface area contributed by atoms with Gasteiger partial charge in [-0.25, -0.2) is 26.0 Å². The highest BCUT2D eigenvalue weighted by Crippen LogP contribution is 2.31. The molecule has 0 radical (unpaired) electrons. The number of hydrogen-bond donors (Lipinski definition) is 1. The van der Waals surface area contributed by atoms with Gasteiger partial charge in [-0.15, -0.1) is 0 Å². The zero-order valence-electron chi connectivity index (χ0n) is 12.9. The molecule has 2 aliphatic rings. The summed E-state index contributed by atoms with van der Waals surface area (Å²) in [5.41, 5.74) is 0. The van der Waals surface area contributed by atoms with Gasteiger partial charge >= 0.3 is 0 Å². The van der Waals surface area contributed by atoms with Crippen LogP contribution in [0.1, 0.15) is 25.7 Å². The second-order valence-corrected chi connectivity index (χ2v) is 8.12. The third-order valence-electron chi connectivity index (χ3n) is 4.84. The van der Waals surface area contributed by atoms with Crippen LogP contribution in [0.2, 0.25) is 0 Å². The Kier molecular flexibility index (Phi) is 4.85. The Balaban J connectivity index is 1.82. The van der Waals surface area contributed by atoms with Crippen LogP contribution in [0.25, 0.3) is 0 Å². The first kappa shape index (κ1) is 17.6. The van der Waals surface area contributed by atoms with E-state index in [0.29, 0.717) is 18.9 Å². The van der Waals surface area contributed by atoms with E-state index in [1.54, 1.807) is 0 Å². The second kappa shape index (κ2) is 6.61. The van der Waals surface area contributed by atoms with Gasteiger partial charge in [-0.1, -0.05) is 0 Å². The quantitative estimate of drug-likeness (QED) is 0.660. The number of sulfonamides is 1. The molecule has 1 atom stereocenters. The van der Waals surface area contributed by atoms with E-state index in [2.05, 4.69) is 5.32 Å². The second-order valence-electron chi connectivity index (χ2n) is 6.24. The molecule has 1 aromatic carbocycles. The summed E-state index contributed by atoms with van der Waals surface area (Å²) in [6.45, 7) is 1.08. The fourth-order valence-electron chi connectivity index (χ4n) is 3.54. The normalized spacial score (nSPS) is 23.8. The van der Waals surface area contributed by atoms with Crippen LogP contribution in [0.4, 0.5) is 17.6 Å². The smallest absolute Gasteiger partial charge is 0.249 e. The van der Waals surface area contributed by atoms with Gasteiger partial charge in [0.2, 0.25) is 10.0 Å². The standard InChI is InChI=1S/C15H18F4N2O2S/c16-10-8-11(17)14(19)15(13(10)18)24(22,23)21-6-3-9(4-7-21)12-2-1-5-20-12/h8-9,12,20H,1-7H2. The van der Waals surface area contributed by atoms with Crippen LogP contribution in [0, 0.1) is 29.2 Å². The molecule has 3 rings (SSSR count). The number of nitrogens with one attached hydrogen (secondary N) is 1. The van der Waals surface area contributed by atoms with Crippen molar-refractivity contribution in [2.75, 3.05) is 19.6 Å². The maximum absolute atomic E-state index is 13.8. The van der Waals surface area contributed by atoms with Crippen molar-refractivity contribution in [2.24, 2.45) is 5.92 Å². The Bertz CT molecular complexity index is 701. The molecule has 2 aliphatic heterocycles. The van der Waals surface area contributed by atoms with E-state index in [9.17, 15) is 26.0 Å². The van der Waals surface area contributed by atoms with Gasteiger partial charge in [0, 0.05) is 25.2 Å². The zero-order valence-corrected chi connectivity index (χ0v) is 13.7. The molecule has 0 aliphatic carbocycles. The van der Waals surface area contributed by atoms with Crippen molar-refractivity contribution >= 4 is 10.0 Å². The van der Waals surface area contributed by atoms with Crippen molar-refractivity contribution in [1.29, 1.82) is 0 Å². The lowest BCUT2D eigenvalue weighted by Crippen LogP contribution is -2.43. The Morgan fingerprint density at radius 2 is 1.58 bits per heavy atom. The average Bonchev–Trinajstić information content (AvgIpc) is 3.07. The minimum atomic E-state index is -4.63. The summed E-state index contributed by atoms with van der Waals surface area (Å²) >= 11 is 0. The SMILES string of the molecule is O=S(=O)(c1c(F)c(F)cc(F)c1F)N1CCC(C2CCCN2)CC1. The molecule has 134 valence electrons. The minimum Gasteiger partial charge on any atom is -0.314 e. The molecule has 0 bridgehead atoms. The van der Waals surface area contributed by atoms with E-state index in [4.69, 9.17) is 0 Å². The molecule has 2 fully saturated rings. The highest BCUT2D eigenvalue weighted by Gasteiger charge is 2.38. The molecule has 2 saturated heterocycles. The fourth-order valence-corrected chi connectivity index (χ4v) is 5.14. The van der Waals surface area contributed by atoms with Crippen LogP contribution in [0.3, 0.4) is 0 Å². The van der Waals surface area contributed by atoms with Crippen molar-refractivity contribution in [1.82, 2.24) is 9.62 Å². The van der Waals surface area contributed by atoms with Crippen molar-refractivity contribution in [2.45, 2.75) is 36.6 Å². The summed E-state index contributed by atoms with van der Waals surface area (Å²) in [6.07, 6.45) is 3.17. The predicted molar refractivity (Wildman–Crippen MR) is 78.8 cm³/mol. The monoisotopic (exact) mass is 366 g/mol. The summed E-state index contributed by atoms with van der Waals surface area (Å²) in [7, 11) is -4.63. The maximum atomic E-state index is 13.8. The summed E-state index contributed by atoms with van der Waals surface area (Å²) in [6, 6.07) is 0.330. The first-order valence-corrected chi connectivity index (χ1v) is 9.33. The topological polar surface area (TPSA) is 49.4 Å². The lowest BCUT2D eigenvalue weighted by molar-refractivity contribution is 0.232. The molecule has 1 aromatic rings. The number of rotatable bonds is 3. The first-order chi connectivity index (χ1) is 11.3. The average molecular weight is 366 g/mol. The van der Waals surface area contributed by atoms with Crippen molar-refractivity contribution in [3.63, 3.8) is 0 Å². The van der Waals surface area contributed by atoms with Crippen LogP contribution in [-0.2, 0) is 10.0 Å². The number of benzene rings is 1. The molecule has 24 heavy (non-hydrogen) atoms. The molecular weight excluding hydrogens is 348 g/mol. The van der Waals surface area contributed by atoms with Gasteiger partial charge < -0.3 is 5.32 Å². The van der Waals surface area contributed by atoms with E-state index < -0.39 is 38.2 Å². The van der Waals surface area contributed by atoms with Gasteiger partial charge in [-0.3, -0.25) is 0 Å². The Morgan fingerprint density at radius 1 is 1.00 bits per heavy atom. The molecule has 4 nitrogen and oxygen atoms in total. The van der Waals surface area contributed by atoms with E-state index >= 15 is 0 Å². The van der Waals surface area contributed by atoms with Crippen LogP contribution in [0.5, 0.6) is 0 Å². The molecule has 9 heteroatoms. The third kappa shape index (κ3) is 3.04. The van der Waals surface area contributed by atoms with E-state index in [1.807, 2.05) is 0 Å². The molecular formula is C15H18F4N2O2S. The predicted octanol–water partition coefficient (Wildman–Crippen LogP) is 2.40. The largest absolute Gasteiger partial charge is 0.314 e. The molecule has 1 N–H and O–H groups in total. The van der Waals surface area contributed by atoms with Crippen molar-refractivity contribution in [3.8, 4) is 0 Å². The van der Waals surface area contributed by atoms with Crippen molar-refractivity contribution in [3.05, 3.63) is 29.3 Å². The Morgan fingerprint density at radius 3 is 2.08 bits per heavy atom. The number of hydrogen-bond acceptors (Lipinski definition) is 3. The van der Waals surface area contributed by atoms with Gasteiger partial charge in [-0.05, 0) is 38.1 Å². The van der Waals surface area contributed by atoms with Crippen LogP contribution in [0.15, 0.2) is 11.0 Å². The molecule has 0 aromatic heterocycles. The van der Waals surface area contributed by atoms with Crippen LogP contribution < -0.4 is 5.32 Å². The number of nitrogens with zero attached hydrogens (tertiary/aromatic N) is 1. The lowest BCUT2D eigenvalue weighted by atomic mass is 9.89. The highest BCUT2D eigenvalue weighted by atomic mass is 32.2. The highest BCUT2D eigenvalue weighted by molar-refractivity contribution is 7.89. The summed E-state index contributed by atoms with van der Waals surface area (Å²) in [5, 5.41) is 3.36. The van der Waals surface area contributed by atoms with Gasteiger partial charge in [0.25, 0.3) is 0 Å². The fraction of sp³-hybridized carbons (Fsp3) is 0.600. The number of halogens is 4. The van der Waals surface area contributed by atoms with Crippen LogP contribution >= 0.6 is 0 Å². The summed E-state index contributed by atoms with van der Waals surface area (Å²) in [4.78, 5) is -1.54. The van der Waals surface area contributed by atoms with Gasteiger partial charge in [0.05, 0.1) is 0 Å². The molecule has 0 spiro atoms. The first-order valence-electron chi connectivity index (χ1n) is 7.89. The van der Waals surface area contributed by atoms with Gasteiger partial charge in [0.1, 0.15) is 0 Å². The summed E-state index contributed by atoms with van der Waals surface area (Å²) in [5.74, 6) is -6.92. The van der Waals surface area contributed by atoms with Gasteiger partial charge in [-0.2, -0.15) is 4.31 Å². The van der Waals surface area contributed by atoms with Crippen LogP contribution in [-0.4, -0.2) is 38.4 Å². The van der Waals surface area contributed by atoms with Crippen molar-refractivity contribution < 1.29 is 26.0 Å². The lowest BCUT2D eigenvalue weighted by Gasteiger charge is -2.34.